The van der Waals surface area contributed by atoms with E-state index in [0.717, 1.165) is 44.7 Å². The number of rotatable bonds is 4. The lowest BCUT2D eigenvalue weighted by atomic mass is 9.84. The number of carbonyl (C=O) groups excluding carboxylic acids is 1. The van der Waals surface area contributed by atoms with E-state index in [-0.39, 0.29) is 23.8 Å². The standard InChI is InChI=1S/C24H26FN5O/c25-20-8-4-7-19(15-20)23-26-21-16-24(27-22(31)17-30(21)28-23)10-13-29(14-11-24)12-9-18-5-2-1-3-6-18/h1-8,15H,9-14,16-17H2,(H,27,31). The highest BCUT2D eigenvalue weighted by molar-refractivity contribution is 5.77. The molecule has 31 heavy (non-hydrogen) atoms. The van der Waals surface area contributed by atoms with Crippen LogP contribution in [0.25, 0.3) is 11.4 Å². The van der Waals surface area contributed by atoms with E-state index in [0.29, 0.717) is 17.8 Å². The van der Waals surface area contributed by atoms with Crippen LogP contribution in [0, 0.1) is 5.82 Å². The van der Waals surface area contributed by atoms with Gasteiger partial charge >= 0.3 is 0 Å². The molecule has 1 amide bonds. The number of nitrogens with zero attached hydrogens (tertiary/aromatic N) is 4. The number of likely N-dealkylation sites (tertiary alicyclic amines) is 1. The van der Waals surface area contributed by atoms with Gasteiger partial charge in [0.05, 0.1) is 0 Å². The predicted octanol–water partition coefficient (Wildman–Crippen LogP) is 2.83. The molecule has 160 valence electrons. The number of fused-ring (bicyclic) bond motifs is 1. The van der Waals surface area contributed by atoms with Gasteiger partial charge in [-0.1, -0.05) is 42.5 Å². The molecule has 2 aliphatic heterocycles. The molecule has 1 aromatic heterocycles. The molecule has 2 aliphatic rings. The fourth-order valence-electron chi connectivity index (χ4n) is 4.64. The van der Waals surface area contributed by atoms with Crippen LogP contribution in [0.5, 0.6) is 0 Å². The fourth-order valence-corrected chi connectivity index (χ4v) is 4.64. The summed E-state index contributed by atoms with van der Waals surface area (Å²) >= 11 is 0. The maximum atomic E-state index is 13.6. The van der Waals surface area contributed by atoms with E-state index in [1.165, 1.54) is 17.7 Å². The lowest BCUT2D eigenvalue weighted by Crippen LogP contribution is -2.56. The van der Waals surface area contributed by atoms with Crippen LogP contribution in [0.3, 0.4) is 0 Å². The molecule has 7 heteroatoms. The van der Waals surface area contributed by atoms with Crippen molar-refractivity contribution in [3.63, 3.8) is 0 Å². The zero-order valence-corrected chi connectivity index (χ0v) is 17.4. The summed E-state index contributed by atoms with van der Waals surface area (Å²) in [6, 6.07) is 16.8. The van der Waals surface area contributed by atoms with Crippen molar-refractivity contribution >= 4 is 5.91 Å². The molecular formula is C24H26FN5O. The third-order valence-electron chi connectivity index (χ3n) is 6.40. The van der Waals surface area contributed by atoms with Gasteiger partial charge in [-0.3, -0.25) is 4.79 Å². The summed E-state index contributed by atoms with van der Waals surface area (Å²) in [4.78, 5) is 19.8. The molecule has 3 aromatic rings. The highest BCUT2D eigenvalue weighted by atomic mass is 19.1. The lowest BCUT2D eigenvalue weighted by Gasteiger charge is -2.41. The average Bonchev–Trinajstić information content (AvgIpc) is 3.10. The van der Waals surface area contributed by atoms with Crippen molar-refractivity contribution in [3.8, 4) is 11.4 Å². The molecular weight excluding hydrogens is 393 g/mol. The van der Waals surface area contributed by atoms with Gasteiger partial charge in [0.2, 0.25) is 5.91 Å². The quantitative estimate of drug-likeness (QED) is 0.706. The SMILES string of the molecule is O=C1Cn2nc(-c3cccc(F)c3)nc2CC2(CCN(CCc3ccccc3)CC2)N1. The number of hydrogen-bond donors (Lipinski definition) is 1. The second-order valence-electron chi connectivity index (χ2n) is 8.60. The number of hydrogen-bond acceptors (Lipinski definition) is 4. The molecule has 0 aliphatic carbocycles. The number of piperidine rings is 1. The first-order valence-electron chi connectivity index (χ1n) is 10.9. The Morgan fingerprint density at radius 2 is 1.87 bits per heavy atom. The van der Waals surface area contributed by atoms with Crippen molar-refractivity contribution in [2.24, 2.45) is 0 Å². The van der Waals surface area contributed by atoms with Crippen LogP contribution in [0.15, 0.2) is 54.6 Å². The van der Waals surface area contributed by atoms with Gasteiger partial charge in [0.1, 0.15) is 18.2 Å². The van der Waals surface area contributed by atoms with Crippen molar-refractivity contribution in [1.82, 2.24) is 25.0 Å². The Morgan fingerprint density at radius 1 is 1.06 bits per heavy atom. The summed E-state index contributed by atoms with van der Waals surface area (Å²) < 4.78 is 15.3. The molecule has 0 unspecified atom stereocenters. The molecule has 0 saturated carbocycles. The molecule has 0 radical (unpaired) electrons. The van der Waals surface area contributed by atoms with Crippen LogP contribution in [-0.4, -0.2) is 50.7 Å². The van der Waals surface area contributed by atoms with Gasteiger partial charge in [-0.15, -0.1) is 0 Å². The first-order chi connectivity index (χ1) is 15.1. The Bertz CT molecular complexity index is 1070. The highest BCUT2D eigenvalue weighted by Crippen LogP contribution is 2.29. The lowest BCUT2D eigenvalue weighted by molar-refractivity contribution is -0.123. The molecule has 1 fully saturated rings. The number of amides is 1. The maximum absolute atomic E-state index is 13.6. The minimum Gasteiger partial charge on any atom is -0.349 e. The first kappa shape index (κ1) is 19.9. The van der Waals surface area contributed by atoms with Crippen LogP contribution in [0.1, 0.15) is 24.2 Å². The summed E-state index contributed by atoms with van der Waals surface area (Å²) in [5.74, 6) is 0.904. The second-order valence-corrected chi connectivity index (χ2v) is 8.60. The van der Waals surface area contributed by atoms with E-state index in [1.54, 1.807) is 16.8 Å². The van der Waals surface area contributed by atoms with E-state index >= 15 is 0 Å². The third kappa shape index (κ3) is 4.37. The van der Waals surface area contributed by atoms with Crippen LogP contribution in [0.4, 0.5) is 4.39 Å². The van der Waals surface area contributed by atoms with Gasteiger partial charge < -0.3 is 10.2 Å². The minimum atomic E-state index is -0.320. The predicted molar refractivity (Wildman–Crippen MR) is 116 cm³/mol. The molecule has 6 nitrogen and oxygen atoms in total. The monoisotopic (exact) mass is 419 g/mol. The maximum Gasteiger partial charge on any atom is 0.242 e. The van der Waals surface area contributed by atoms with Crippen LogP contribution in [-0.2, 0) is 24.2 Å². The number of halogens is 1. The highest BCUT2D eigenvalue weighted by Gasteiger charge is 2.39. The molecule has 5 rings (SSSR count). The number of aromatic nitrogens is 3. The van der Waals surface area contributed by atoms with Crippen molar-refractivity contribution < 1.29 is 9.18 Å². The topological polar surface area (TPSA) is 63.1 Å². The van der Waals surface area contributed by atoms with Crippen molar-refractivity contribution in [1.29, 1.82) is 0 Å². The minimum absolute atomic E-state index is 0.0350. The first-order valence-corrected chi connectivity index (χ1v) is 10.9. The van der Waals surface area contributed by atoms with E-state index in [4.69, 9.17) is 0 Å². The fraction of sp³-hybridized carbons (Fsp3) is 0.375. The summed E-state index contributed by atoms with van der Waals surface area (Å²) in [5, 5.41) is 7.76. The Hall–Kier alpha value is -3.06. The van der Waals surface area contributed by atoms with Gasteiger partial charge in [0.15, 0.2) is 5.82 Å². The van der Waals surface area contributed by atoms with Gasteiger partial charge in [-0.2, -0.15) is 5.10 Å². The van der Waals surface area contributed by atoms with Gasteiger partial charge in [0.25, 0.3) is 0 Å². The van der Waals surface area contributed by atoms with Crippen molar-refractivity contribution in [3.05, 3.63) is 71.8 Å². The van der Waals surface area contributed by atoms with Gasteiger partial charge in [-0.05, 0) is 37.0 Å². The largest absolute Gasteiger partial charge is 0.349 e. The molecule has 0 bridgehead atoms. The summed E-state index contributed by atoms with van der Waals surface area (Å²) in [6.45, 7) is 3.06. The molecule has 2 aromatic carbocycles. The van der Waals surface area contributed by atoms with Crippen LogP contribution in [0.2, 0.25) is 0 Å². The Labute approximate surface area is 181 Å². The van der Waals surface area contributed by atoms with Crippen molar-refractivity contribution in [2.45, 2.75) is 37.8 Å². The Kier molecular flexibility index (Phi) is 5.28. The van der Waals surface area contributed by atoms with E-state index in [1.807, 2.05) is 6.07 Å². The summed E-state index contributed by atoms with van der Waals surface area (Å²) in [6.07, 6.45) is 3.45. The third-order valence-corrected chi connectivity index (χ3v) is 6.40. The zero-order chi connectivity index (χ0) is 21.3. The molecule has 1 spiro atoms. The molecule has 1 N–H and O–H groups in total. The summed E-state index contributed by atoms with van der Waals surface area (Å²) in [7, 11) is 0. The average molecular weight is 420 g/mol. The smallest absolute Gasteiger partial charge is 0.242 e. The Balaban J connectivity index is 1.28. The Morgan fingerprint density at radius 3 is 2.65 bits per heavy atom. The molecule has 3 heterocycles. The summed E-state index contributed by atoms with van der Waals surface area (Å²) in [5.41, 5.74) is 1.69. The van der Waals surface area contributed by atoms with Crippen molar-refractivity contribution in [2.75, 3.05) is 19.6 Å². The van der Waals surface area contributed by atoms with Gasteiger partial charge in [0, 0.05) is 37.2 Å². The van der Waals surface area contributed by atoms with E-state index in [2.05, 4.69) is 44.6 Å². The zero-order valence-electron chi connectivity index (χ0n) is 17.4. The molecule has 0 atom stereocenters. The normalized spacial score (nSPS) is 18.4. The number of carbonyl (C=O) groups is 1. The van der Waals surface area contributed by atoms with Crippen LogP contribution < -0.4 is 5.32 Å². The second kappa shape index (κ2) is 8.23. The van der Waals surface area contributed by atoms with Gasteiger partial charge in [-0.25, -0.2) is 14.1 Å². The van der Waals surface area contributed by atoms with Crippen LogP contribution >= 0.6 is 0 Å². The number of nitrogens with one attached hydrogen (secondary N) is 1. The molecule has 1 saturated heterocycles. The number of benzene rings is 2. The van der Waals surface area contributed by atoms with E-state index < -0.39 is 0 Å². The van der Waals surface area contributed by atoms with E-state index in [9.17, 15) is 9.18 Å².